The number of piperidine rings is 1. The van der Waals surface area contributed by atoms with Gasteiger partial charge in [-0.25, -0.2) is 0 Å². The van der Waals surface area contributed by atoms with Gasteiger partial charge in [-0.2, -0.15) is 0 Å². The van der Waals surface area contributed by atoms with Crippen molar-refractivity contribution in [2.24, 2.45) is 5.92 Å². The summed E-state index contributed by atoms with van der Waals surface area (Å²) in [5.41, 5.74) is 0.992. The fourth-order valence-electron chi connectivity index (χ4n) is 3.02. The van der Waals surface area contributed by atoms with E-state index in [9.17, 15) is 9.59 Å². The molecule has 6 heteroatoms. The lowest BCUT2D eigenvalue weighted by atomic mass is 9.97. The molecule has 1 heterocycles. The Labute approximate surface area is 143 Å². The minimum absolute atomic E-state index is 0.0165. The van der Waals surface area contributed by atoms with Gasteiger partial charge in [0.2, 0.25) is 11.8 Å². The van der Waals surface area contributed by atoms with Crippen molar-refractivity contribution in [2.75, 3.05) is 33.9 Å². The Morgan fingerprint density at radius 3 is 2.75 bits per heavy atom. The molecule has 1 atom stereocenters. The van der Waals surface area contributed by atoms with E-state index in [1.165, 1.54) is 0 Å². The number of likely N-dealkylation sites (tertiary alicyclic amines) is 1. The first-order valence-electron chi connectivity index (χ1n) is 8.29. The third kappa shape index (κ3) is 4.63. The number of hydrogen-bond donors (Lipinski definition) is 1. The van der Waals surface area contributed by atoms with E-state index in [4.69, 9.17) is 9.47 Å². The second-order valence-electron chi connectivity index (χ2n) is 6.02. The van der Waals surface area contributed by atoms with Crippen LogP contribution in [0, 0.1) is 5.92 Å². The molecule has 1 N–H and O–H groups in total. The molecule has 0 aliphatic carbocycles. The molecule has 2 rings (SSSR count). The van der Waals surface area contributed by atoms with Crippen molar-refractivity contribution in [2.45, 2.75) is 26.2 Å². The predicted octanol–water partition coefficient (Wildman–Crippen LogP) is 1.62. The third-order valence-corrected chi connectivity index (χ3v) is 4.42. The van der Waals surface area contributed by atoms with Crippen molar-refractivity contribution >= 4 is 11.8 Å². The van der Waals surface area contributed by atoms with Crippen molar-refractivity contribution in [1.82, 2.24) is 10.2 Å². The van der Waals surface area contributed by atoms with E-state index in [1.54, 1.807) is 26.0 Å². The number of methoxy groups -OCH3 is 2. The van der Waals surface area contributed by atoms with Crippen LogP contribution in [0.3, 0.4) is 0 Å². The summed E-state index contributed by atoms with van der Waals surface area (Å²) in [7, 11) is 3.25. The minimum atomic E-state index is -0.116. The van der Waals surface area contributed by atoms with E-state index in [0.717, 1.165) is 36.4 Å². The summed E-state index contributed by atoms with van der Waals surface area (Å²) in [5, 5.41) is 2.98. The van der Waals surface area contributed by atoms with Crippen LogP contribution < -0.4 is 14.8 Å². The molecule has 6 nitrogen and oxygen atoms in total. The van der Waals surface area contributed by atoms with Crippen LogP contribution in [-0.2, 0) is 16.0 Å². The molecule has 24 heavy (non-hydrogen) atoms. The number of ether oxygens (including phenoxy) is 2. The van der Waals surface area contributed by atoms with E-state index < -0.39 is 0 Å². The van der Waals surface area contributed by atoms with Crippen molar-refractivity contribution in [3.63, 3.8) is 0 Å². The summed E-state index contributed by atoms with van der Waals surface area (Å²) < 4.78 is 10.6. The fraction of sp³-hybridized carbons (Fsp3) is 0.556. The molecular weight excluding hydrogens is 308 g/mol. The zero-order chi connectivity index (χ0) is 17.5. The van der Waals surface area contributed by atoms with E-state index in [0.29, 0.717) is 19.5 Å². The Hall–Kier alpha value is -2.24. The van der Waals surface area contributed by atoms with Crippen LogP contribution in [0.1, 0.15) is 25.3 Å². The largest absolute Gasteiger partial charge is 0.497 e. The molecule has 0 bridgehead atoms. The summed E-state index contributed by atoms with van der Waals surface area (Å²) in [6, 6.07) is 5.63. The summed E-state index contributed by atoms with van der Waals surface area (Å²) in [4.78, 5) is 25.5. The standard InChI is InChI=1S/C18H26N2O4/c1-13(21)20-10-4-5-15(12-20)18(22)19-9-8-14-11-16(23-2)6-7-17(14)24-3/h6-7,11,15H,4-5,8-10,12H2,1-3H3,(H,19,22)/t15-/m0/s1. The highest BCUT2D eigenvalue weighted by molar-refractivity contribution is 5.80. The van der Waals surface area contributed by atoms with Crippen LogP contribution in [0.25, 0.3) is 0 Å². The van der Waals surface area contributed by atoms with Gasteiger partial charge in [0.05, 0.1) is 20.1 Å². The van der Waals surface area contributed by atoms with Crippen LogP contribution in [0.2, 0.25) is 0 Å². The molecule has 1 aromatic rings. The Kier molecular flexibility index (Phi) is 6.46. The third-order valence-electron chi connectivity index (χ3n) is 4.42. The second kappa shape index (κ2) is 8.57. The molecule has 1 aromatic carbocycles. The smallest absolute Gasteiger partial charge is 0.224 e. The summed E-state index contributed by atoms with van der Waals surface area (Å²) in [6.45, 7) is 3.35. The van der Waals surface area contributed by atoms with E-state index >= 15 is 0 Å². The predicted molar refractivity (Wildman–Crippen MR) is 91.2 cm³/mol. The number of hydrogen-bond acceptors (Lipinski definition) is 4. The van der Waals surface area contributed by atoms with Crippen molar-refractivity contribution in [3.05, 3.63) is 23.8 Å². The molecule has 0 spiro atoms. The fourth-order valence-corrected chi connectivity index (χ4v) is 3.02. The van der Waals surface area contributed by atoms with Gasteiger partial charge in [-0.05, 0) is 43.0 Å². The molecule has 1 aliphatic rings. The SMILES string of the molecule is COc1ccc(OC)c(CCNC(=O)[C@H]2CCCN(C(C)=O)C2)c1. The van der Waals surface area contributed by atoms with Crippen LogP contribution in [0.15, 0.2) is 18.2 Å². The monoisotopic (exact) mass is 334 g/mol. The highest BCUT2D eigenvalue weighted by Crippen LogP contribution is 2.24. The molecule has 2 amide bonds. The van der Waals surface area contributed by atoms with Gasteiger partial charge in [0.25, 0.3) is 0 Å². The highest BCUT2D eigenvalue weighted by Gasteiger charge is 2.26. The summed E-state index contributed by atoms with van der Waals surface area (Å²) in [5.74, 6) is 1.48. The summed E-state index contributed by atoms with van der Waals surface area (Å²) in [6.07, 6.45) is 2.37. The lowest BCUT2D eigenvalue weighted by molar-refractivity contribution is -0.133. The first-order chi connectivity index (χ1) is 11.5. The molecule has 0 radical (unpaired) electrons. The average molecular weight is 334 g/mol. The first kappa shape index (κ1) is 18.1. The zero-order valence-electron chi connectivity index (χ0n) is 14.6. The van der Waals surface area contributed by atoms with Gasteiger partial charge < -0.3 is 19.7 Å². The lowest BCUT2D eigenvalue weighted by Crippen LogP contribution is -2.45. The Balaban J connectivity index is 1.87. The van der Waals surface area contributed by atoms with E-state index in [-0.39, 0.29) is 17.7 Å². The van der Waals surface area contributed by atoms with Crippen LogP contribution in [0.4, 0.5) is 0 Å². The molecular formula is C18H26N2O4. The maximum atomic E-state index is 12.3. The maximum Gasteiger partial charge on any atom is 0.224 e. The minimum Gasteiger partial charge on any atom is -0.497 e. The number of carbonyl (C=O) groups excluding carboxylic acids is 2. The number of benzene rings is 1. The van der Waals surface area contributed by atoms with Crippen molar-refractivity contribution in [3.8, 4) is 11.5 Å². The number of nitrogens with zero attached hydrogens (tertiary/aromatic N) is 1. The van der Waals surface area contributed by atoms with Gasteiger partial charge >= 0.3 is 0 Å². The Morgan fingerprint density at radius 2 is 2.08 bits per heavy atom. The first-order valence-corrected chi connectivity index (χ1v) is 8.29. The van der Waals surface area contributed by atoms with Crippen LogP contribution >= 0.6 is 0 Å². The number of nitrogens with one attached hydrogen (secondary N) is 1. The van der Waals surface area contributed by atoms with Gasteiger partial charge in [0.1, 0.15) is 11.5 Å². The van der Waals surface area contributed by atoms with Crippen molar-refractivity contribution in [1.29, 1.82) is 0 Å². The molecule has 132 valence electrons. The van der Waals surface area contributed by atoms with Crippen LogP contribution in [0.5, 0.6) is 11.5 Å². The molecule has 0 unspecified atom stereocenters. The number of carbonyl (C=O) groups is 2. The highest BCUT2D eigenvalue weighted by atomic mass is 16.5. The Bertz CT molecular complexity index is 588. The number of amides is 2. The quantitative estimate of drug-likeness (QED) is 0.858. The van der Waals surface area contributed by atoms with Gasteiger partial charge in [-0.15, -0.1) is 0 Å². The van der Waals surface area contributed by atoms with Gasteiger partial charge in [-0.1, -0.05) is 0 Å². The van der Waals surface area contributed by atoms with Gasteiger partial charge in [-0.3, -0.25) is 9.59 Å². The molecule has 0 aromatic heterocycles. The molecule has 0 saturated carbocycles. The normalized spacial score (nSPS) is 17.3. The second-order valence-corrected chi connectivity index (χ2v) is 6.02. The zero-order valence-corrected chi connectivity index (χ0v) is 14.6. The summed E-state index contributed by atoms with van der Waals surface area (Å²) >= 11 is 0. The molecule has 1 fully saturated rings. The molecule has 1 aliphatic heterocycles. The van der Waals surface area contributed by atoms with E-state index in [1.807, 2.05) is 18.2 Å². The number of rotatable bonds is 6. The topological polar surface area (TPSA) is 67.9 Å². The van der Waals surface area contributed by atoms with Crippen molar-refractivity contribution < 1.29 is 19.1 Å². The molecule has 1 saturated heterocycles. The lowest BCUT2D eigenvalue weighted by Gasteiger charge is -2.31. The van der Waals surface area contributed by atoms with Crippen LogP contribution in [-0.4, -0.2) is 50.6 Å². The Morgan fingerprint density at radius 1 is 1.29 bits per heavy atom. The maximum absolute atomic E-state index is 12.3. The van der Waals surface area contributed by atoms with Gasteiger partial charge in [0, 0.05) is 26.6 Å². The van der Waals surface area contributed by atoms with Gasteiger partial charge in [0.15, 0.2) is 0 Å². The van der Waals surface area contributed by atoms with E-state index in [2.05, 4.69) is 5.32 Å². The average Bonchev–Trinajstić information content (AvgIpc) is 2.61.